The van der Waals surface area contributed by atoms with Crippen LogP contribution in [0.4, 0.5) is 0 Å². The van der Waals surface area contributed by atoms with Gasteiger partial charge in [0, 0.05) is 47.9 Å². The number of hydrogen-bond donors (Lipinski definition) is 2. The number of aryl methyl sites for hydroxylation is 1. The van der Waals surface area contributed by atoms with Crippen molar-refractivity contribution < 1.29 is 14.4 Å². The molecule has 0 aliphatic carbocycles. The molecular formula is C28H28N6O3. The Morgan fingerprint density at radius 3 is 2.62 bits per heavy atom. The number of aliphatic hydroxyl groups is 1. The van der Waals surface area contributed by atoms with Crippen molar-refractivity contribution in [3.05, 3.63) is 66.5 Å². The molecule has 0 radical (unpaired) electrons. The molecule has 1 fully saturated rings. The average molecular weight is 497 g/mol. The number of likely N-dealkylation sites (tertiary alicyclic amines) is 1. The van der Waals surface area contributed by atoms with Gasteiger partial charge >= 0.3 is 0 Å². The fourth-order valence-corrected chi connectivity index (χ4v) is 5.17. The number of benzene rings is 2. The van der Waals surface area contributed by atoms with Gasteiger partial charge in [-0.05, 0) is 56.5 Å². The molecule has 1 aliphatic heterocycles. The Labute approximate surface area is 213 Å². The summed E-state index contributed by atoms with van der Waals surface area (Å²) < 4.78 is 7.42. The zero-order chi connectivity index (χ0) is 25.7. The summed E-state index contributed by atoms with van der Waals surface area (Å²) in [6, 6.07) is 15.1. The van der Waals surface area contributed by atoms with Crippen LogP contribution in [0.3, 0.4) is 0 Å². The molecule has 9 nitrogen and oxygen atoms in total. The lowest BCUT2D eigenvalue weighted by Crippen LogP contribution is -2.48. The smallest absolute Gasteiger partial charge is 0.254 e. The number of aromatic amines is 1. The topological polar surface area (TPSA) is 113 Å². The first-order chi connectivity index (χ1) is 17.8. The average Bonchev–Trinajstić information content (AvgIpc) is 3.68. The van der Waals surface area contributed by atoms with Gasteiger partial charge in [-0.25, -0.2) is 0 Å². The Hall–Kier alpha value is -4.24. The minimum Gasteiger partial charge on any atom is -0.388 e. The Kier molecular flexibility index (Phi) is 5.45. The van der Waals surface area contributed by atoms with Gasteiger partial charge in [-0.3, -0.25) is 14.6 Å². The predicted molar refractivity (Wildman–Crippen MR) is 140 cm³/mol. The number of nitrogens with zero attached hydrogens (tertiary/aromatic N) is 5. The van der Waals surface area contributed by atoms with E-state index in [0.717, 1.165) is 40.4 Å². The maximum Gasteiger partial charge on any atom is 0.254 e. The van der Waals surface area contributed by atoms with Crippen LogP contribution in [0, 0.1) is 0 Å². The minimum atomic E-state index is -0.931. The van der Waals surface area contributed by atoms with Gasteiger partial charge < -0.3 is 14.5 Å². The number of H-pyrrole nitrogens is 1. The summed E-state index contributed by atoms with van der Waals surface area (Å²) in [5.74, 6) is 0.492. The van der Waals surface area contributed by atoms with Gasteiger partial charge in [0.1, 0.15) is 11.4 Å². The van der Waals surface area contributed by atoms with Gasteiger partial charge in [-0.1, -0.05) is 23.4 Å². The molecule has 0 saturated carbocycles. The van der Waals surface area contributed by atoms with Gasteiger partial charge in [0.15, 0.2) is 5.76 Å². The van der Waals surface area contributed by atoms with E-state index >= 15 is 0 Å². The molecule has 1 unspecified atom stereocenters. The van der Waals surface area contributed by atoms with E-state index in [0.29, 0.717) is 29.3 Å². The van der Waals surface area contributed by atoms with Crippen LogP contribution in [0.1, 0.15) is 37.0 Å². The van der Waals surface area contributed by atoms with Gasteiger partial charge in [-0.15, -0.1) is 0 Å². The third kappa shape index (κ3) is 4.21. The summed E-state index contributed by atoms with van der Waals surface area (Å²) in [5, 5.41) is 27.4. The van der Waals surface area contributed by atoms with Crippen LogP contribution in [-0.2, 0) is 7.05 Å². The highest BCUT2D eigenvalue weighted by Crippen LogP contribution is 2.33. The molecule has 0 spiro atoms. The molecule has 188 valence electrons. The van der Waals surface area contributed by atoms with Crippen LogP contribution in [0.5, 0.6) is 0 Å². The Balaban J connectivity index is 1.23. The standard InChI is InChI=1S/C28H28N6O3/c1-28(2,36)25-5-4-12-34(25)27(35)18-8-6-17(7-9-18)22-14-24(37-32-22)26-21-11-10-19(13-23(21)30-31-26)20-15-29-33(3)16-20/h6-11,13-16,25,36H,4-5,12H2,1-3H3,(H,30,31). The lowest BCUT2D eigenvalue weighted by Gasteiger charge is -2.33. The van der Waals surface area contributed by atoms with E-state index in [1.807, 2.05) is 55.8 Å². The monoisotopic (exact) mass is 496 g/mol. The quantitative estimate of drug-likeness (QED) is 0.366. The number of carbonyl (C=O) groups is 1. The second-order valence-electron chi connectivity index (χ2n) is 10.2. The molecule has 1 saturated heterocycles. The summed E-state index contributed by atoms with van der Waals surface area (Å²) in [7, 11) is 1.89. The normalized spacial score (nSPS) is 16.1. The van der Waals surface area contributed by atoms with E-state index in [1.54, 1.807) is 35.6 Å². The lowest BCUT2D eigenvalue weighted by molar-refractivity contribution is 0.000337. The molecule has 4 heterocycles. The summed E-state index contributed by atoms with van der Waals surface area (Å²) >= 11 is 0. The number of carbonyl (C=O) groups excluding carboxylic acids is 1. The van der Waals surface area contributed by atoms with Crippen molar-refractivity contribution >= 4 is 16.8 Å². The molecule has 1 aliphatic rings. The molecule has 9 heteroatoms. The van der Waals surface area contributed by atoms with E-state index in [1.165, 1.54) is 0 Å². The van der Waals surface area contributed by atoms with Crippen molar-refractivity contribution in [3.63, 3.8) is 0 Å². The van der Waals surface area contributed by atoms with Crippen LogP contribution < -0.4 is 0 Å². The highest BCUT2D eigenvalue weighted by molar-refractivity contribution is 5.96. The van der Waals surface area contributed by atoms with Crippen LogP contribution in [0.25, 0.3) is 44.7 Å². The maximum absolute atomic E-state index is 13.1. The molecule has 37 heavy (non-hydrogen) atoms. The first kappa shape index (κ1) is 23.2. The summed E-state index contributed by atoms with van der Waals surface area (Å²) in [4.78, 5) is 14.9. The van der Waals surface area contributed by atoms with Gasteiger partial charge in [0.2, 0.25) is 0 Å². The number of hydrogen-bond acceptors (Lipinski definition) is 6. The van der Waals surface area contributed by atoms with Gasteiger partial charge in [-0.2, -0.15) is 10.2 Å². The van der Waals surface area contributed by atoms with Crippen molar-refractivity contribution in [2.75, 3.05) is 6.54 Å². The molecule has 0 bridgehead atoms. The van der Waals surface area contributed by atoms with Crippen molar-refractivity contribution in [2.45, 2.75) is 38.3 Å². The molecular weight excluding hydrogens is 468 g/mol. The molecule has 1 amide bonds. The number of amides is 1. The number of nitrogens with one attached hydrogen (secondary N) is 1. The molecule has 2 N–H and O–H groups in total. The zero-order valence-corrected chi connectivity index (χ0v) is 21.0. The van der Waals surface area contributed by atoms with Gasteiger partial charge in [0.25, 0.3) is 5.91 Å². The first-order valence-electron chi connectivity index (χ1n) is 12.4. The molecule has 3 aromatic heterocycles. The number of fused-ring (bicyclic) bond motifs is 1. The van der Waals surface area contributed by atoms with E-state index in [-0.39, 0.29) is 11.9 Å². The van der Waals surface area contributed by atoms with E-state index in [4.69, 9.17) is 4.52 Å². The third-order valence-corrected chi connectivity index (χ3v) is 7.10. The second-order valence-corrected chi connectivity index (χ2v) is 10.2. The summed E-state index contributed by atoms with van der Waals surface area (Å²) in [5.41, 5.74) is 4.81. The zero-order valence-electron chi connectivity index (χ0n) is 21.0. The number of rotatable bonds is 5. The van der Waals surface area contributed by atoms with E-state index in [2.05, 4.69) is 20.5 Å². The third-order valence-electron chi connectivity index (χ3n) is 7.10. The largest absolute Gasteiger partial charge is 0.388 e. The Morgan fingerprint density at radius 2 is 1.89 bits per heavy atom. The molecule has 2 aromatic carbocycles. The highest BCUT2D eigenvalue weighted by Gasteiger charge is 2.38. The van der Waals surface area contributed by atoms with E-state index < -0.39 is 5.60 Å². The van der Waals surface area contributed by atoms with Crippen molar-refractivity contribution in [3.8, 4) is 33.8 Å². The van der Waals surface area contributed by atoms with Crippen LogP contribution in [-0.4, -0.2) is 59.2 Å². The molecule has 6 rings (SSSR count). The van der Waals surface area contributed by atoms with Crippen molar-refractivity contribution in [1.82, 2.24) is 30.0 Å². The van der Waals surface area contributed by atoms with Crippen molar-refractivity contribution in [1.29, 1.82) is 0 Å². The van der Waals surface area contributed by atoms with Crippen LogP contribution >= 0.6 is 0 Å². The van der Waals surface area contributed by atoms with Crippen molar-refractivity contribution in [2.24, 2.45) is 7.05 Å². The SMILES string of the molecule is Cn1cc(-c2ccc3c(-c4cc(-c5ccc(C(=O)N6CCCC6C(C)(C)O)cc5)no4)n[nH]c3c2)cn1. The first-order valence-corrected chi connectivity index (χ1v) is 12.4. The Bertz CT molecular complexity index is 1590. The van der Waals surface area contributed by atoms with Crippen LogP contribution in [0.2, 0.25) is 0 Å². The second kappa shape index (κ2) is 8.70. The molecule has 5 aromatic rings. The highest BCUT2D eigenvalue weighted by atomic mass is 16.5. The number of aromatic nitrogens is 5. The maximum atomic E-state index is 13.1. The minimum absolute atomic E-state index is 0.0642. The summed E-state index contributed by atoms with van der Waals surface area (Å²) in [6.45, 7) is 4.18. The molecule has 1 atom stereocenters. The Morgan fingerprint density at radius 1 is 1.11 bits per heavy atom. The lowest BCUT2D eigenvalue weighted by atomic mass is 9.96. The fourth-order valence-electron chi connectivity index (χ4n) is 5.17. The van der Waals surface area contributed by atoms with Gasteiger partial charge in [0.05, 0.1) is 23.4 Å². The van der Waals surface area contributed by atoms with Crippen LogP contribution in [0.15, 0.2) is 65.4 Å². The predicted octanol–water partition coefficient (Wildman–Crippen LogP) is 4.66. The fraction of sp³-hybridized carbons (Fsp3) is 0.286. The summed E-state index contributed by atoms with van der Waals surface area (Å²) in [6.07, 6.45) is 5.50. The van der Waals surface area contributed by atoms with E-state index in [9.17, 15) is 9.90 Å².